The Kier molecular flexibility index (Phi) is 2.51. The van der Waals surface area contributed by atoms with Crippen LogP contribution < -0.4 is 4.90 Å². The van der Waals surface area contributed by atoms with E-state index in [9.17, 15) is 4.79 Å². The topological polar surface area (TPSA) is 61.9 Å². The van der Waals surface area contributed by atoms with E-state index >= 15 is 0 Å². The summed E-state index contributed by atoms with van der Waals surface area (Å²) in [5.74, 6) is 1.83. The molecule has 1 aliphatic heterocycles. The summed E-state index contributed by atoms with van der Waals surface area (Å²) in [7, 11) is 0. The molecule has 1 saturated heterocycles. The first-order chi connectivity index (χ1) is 8.29. The Labute approximate surface area is 104 Å². The first kappa shape index (κ1) is 10.6. The highest BCUT2D eigenvalue weighted by Crippen LogP contribution is 2.28. The van der Waals surface area contributed by atoms with Crippen LogP contribution in [0.4, 0.5) is 5.82 Å². The van der Waals surface area contributed by atoms with Gasteiger partial charge in [-0.1, -0.05) is 0 Å². The molecule has 2 aromatic rings. The second-order valence-corrected chi connectivity index (χ2v) is 4.57. The highest BCUT2D eigenvalue weighted by Gasteiger charge is 2.32. The molecule has 0 aromatic carbocycles. The number of H-pyrrole nitrogens is 1. The Hall–Kier alpha value is -1.56. The lowest BCUT2D eigenvalue weighted by Gasteiger charge is -2.13. The molecule has 17 heavy (non-hydrogen) atoms. The molecule has 6 heteroatoms. The van der Waals surface area contributed by atoms with Crippen molar-refractivity contribution in [2.24, 2.45) is 5.92 Å². The summed E-state index contributed by atoms with van der Waals surface area (Å²) in [5.41, 5.74) is 0.713. The maximum Gasteiger partial charge on any atom is 0.228 e. The summed E-state index contributed by atoms with van der Waals surface area (Å²) in [5, 5.41) is 7.92. The van der Waals surface area contributed by atoms with Gasteiger partial charge in [0.25, 0.3) is 0 Å². The number of amides is 1. The molecule has 1 aliphatic rings. The lowest BCUT2D eigenvalue weighted by molar-refractivity contribution is -0.117. The fraction of sp³-hybridized carbons (Fsp3) is 0.364. The Bertz CT molecular complexity index is 567. The van der Waals surface area contributed by atoms with Crippen molar-refractivity contribution < 1.29 is 4.79 Å². The lowest BCUT2D eigenvalue weighted by atomic mass is 10.1. The van der Waals surface area contributed by atoms with Gasteiger partial charge < -0.3 is 0 Å². The number of carbonyl (C=O) groups excluding carboxylic acids is 1. The molecule has 0 spiro atoms. The van der Waals surface area contributed by atoms with Gasteiger partial charge >= 0.3 is 0 Å². The van der Waals surface area contributed by atoms with E-state index in [1.54, 1.807) is 11.1 Å². The molecule has 3 rings (SSSR count). The fourth-order valence-electron chi connectivity index (χ4n) is 2.16. The van der Waals surface area contributed by atoms with Crippen LogP contribution in [0.15, 0.2) is 18.3 Å². The zero-order valence-corrected chi connectivity index (χ0v) is 10.0. The van der Waals surface area contributed by atoms with Crippen molar-refractivity contribution in [1.82, 2.24) is 15.2 Å². The van der Waals surface area contributed by atoms with Crippen molar-refractivity contribution in [2.75, 3.05) is 17.2 Å². The molecule has 0 aliphatic carbocycles. The summed E-state index contributed by atoms with van der Waals surface area (Å²) in [4.78, 5) is 17.8. The standard InChI is InChI=1S/C11H12N4OS/c16-9-4-7(6-17)5-15(9)11-8-2-1-3-12-10(8)13-14-11/h1-3,7,17H,4-6H2,(H,12,13,14). The smallest absolute Gasteiger partial charge is 0.228 e. The number of hydrogen-bond acceptors (Lipinski definition) is 4. The minimum absolute atomic E-state index is 0.112. The molecular weight excluding hydrogens is 236 g/mol. The van der Waals surface area contributed by atoms with Crippen LogP contribution in [-0.4, -0.2) is 33.4 Å². The average Bonchev–Trinajstić information content (AvgIpc) is 2.92. The number of aromatic nitrogens is 3. The van der Waals surface area contributed by atoms with E-state index in [1.165, 1.54) is 0 Å². The van der Waals surface area contributed by atoms with Crippen LogP contribution in [0.5, 0.6) is 0 Å². The van der Waals surface area contributed by atoms with Gasteiger partial charge in [-0.25, -0.2) is 4.98 Å². The third kappa shape index (κ3) is 1.68. The summed E-state index contributed by atoms with van der Waals surface area (Å²) in [6, 6.07) is 3.76. The van der Waals surface area contributed by atoms with Crippen LogP contribution in [-0.2, 0) is 4.79 Å². The Morgan fingerprint density at radius 3 is 3.24 bits per heavy atom. The molecule has 5 nitrogen and oxygen atoms in total. The van der Waals surface area contributed by atoms with Crippen molar-refractivity contribution in [3.8, 4) is 0 Å². The van der Waals surface area contributed by atoms with Crippen molar-refractivity contribution >= 4 is 35.4 Å². The van der Waals surface area contributed by atoms with E-state index in [-0.39, 0.29) is 5.91 Å². The highest BCUT2D eigenvalue weighted by molar-refractivity contribution is 7.80. The van der Waals surface area contributed by atoms with Gasteiger partial charge in [0.1, 0.15) is 0 Å². The Morgan fingerprint density at radius 2 is 2.47 bits per heavy atom. The first-order valence-electron chi connectivity index (χ1n) is 5.50. The van der Waals surface area contributed by atoms with Crippen LogP contribution in [0.1, 0.15) is 6.42 Å². The number of nitrogens with one attached hydrogen (secondary N) is 1. The quantitative estimate of drug-likeness (QED) is 0.786. The van der Waals surface area contributed by atoms with Crippen LogP contribution in [0.25, 0.3) is 11.0 Å². The van der Waals surface area contributed by atoms with Gasteiger partial charge in [0.2, 0.25) is 5.91 Å². The van der Waals surface area contributed by atoms with E-state index in [0.29, 0.717) is 30.3 Å². The molecule has 0 saturated carbocycles. The third-order valence-electron chi connectivity index (χ3n) is 3.04. The molecule has 1 fully saturated rings. The summed E-state index contributed by atoms with van der Waals surface area (Å²) < 4.78 is 0. The molecule has 1 N–H and O–H groups in total. The zero-order valence-electron chi connectivity index (χ0n) is 9.13. The van der Waals surface area contributed by atoms with E-state index < -0.39 is 0 Å². The van der Waals surface area contributed by atoms with E-state index in [2.05, 4.69) is 27.8 Å². The summed E-state index contributed by atoms with van der Waals surface area (Å²) in [6.45, 7) is 0.692. The first-order valence-corrected chi connectivity index (χ1v) is 6.13. The third-order valence-corrected chi connectivity index (χ3v) is 3.55. The van der Waals surface area contributed by atoms with Gasteiger partial charge in [-0.05, 0) is 23.8 Å². The molecule has 1 amide bonds. The summed E-state index contributed by atoms with van der Waals surface area (Å²) in [6.07, 6.45) is 2.25. The maximum absolute atomic E-state index is 11.9. The molecule has 1 atom stereocenters. The van der Waals surface area contributed by atoms with Crippen molar-refractivity contribution in [1.29, 1.82) is 0 Å². The van der Waals surface area contributed by atoms with Gasteiger partial charge in [-0.3, -0.25) is 14.8 Å². The Balaban J connectivity index is 2.02. The molecule has 3 heterocycles. The van der Waals surface area contributed by atoms with Crippen molar-refractivity contribution in [3.63, 3.8) is 0 Å². The molecule has 0 bridgehead atoms. The molecular formula is C11H12N4OS. The number of carbonyl (C=O) groups is 1. The minimum Gasteiger partial charge on any atom is -0.294 e. The van der Waals surface area contributed by atoms with E-state index in [4.69, 9.17) is 0 Å². The van der Waals surface area contributed by atoms with E-state index in [0.717, 1.165) is 11.1 Å². The number of rotatable bonds is 2. The predicted molar refractivity (Wildman–Crippen MR) is 68.2 cm³/mol. The SMILES string of the molecule is O=C1CC(CS)CN1c1n[nH]c2ncccc12. The van der Waals surface area contributed by atoms with Crippen LogP contribution in [0.3, 0.4) is 0 Å². The van der Waals surface area contributed by atoms with Crippen molar-refractivity contribution in [2.45, 2.75) is 6.42 Å². The second kappa shape index (κ2) is 4.03. The number of nitrogens with zero attached hydrogens (tertiary/aromatic N) is 3. The van der Waals surface area contributed by atoms with Gasteiger partial charge in [-0.15, -0.1) is 0 Å². The minimum atomic E-state index is 0.112. The van der Waals surface area contributed by atoms with Gasteiger partial charge in [0.15, 0.2) is 11.5 Å². The second-order valence-electron chi connectivity index (χ2n) is 4.20. The van der Waals surface area contributed by atoms with Gasteiger partial charge in [0, 0.05) is 19.2 Å². The average molecular weight is 248 g/mol. The molecule has 88 valence electrons. The number of pyridine rings is 1. The van der Waals surface area contributed by atoms with Gasteiger partial charge in [-0.2, -0.15) is 17.7 Å². The highest BCUT2D eigenvalue weighted by atomic mass is 32.1. The fourth-order valence-corrected chi connectivity index (χ4v) is 2.40. The van der Waals surface area contributed by atoms with Crippen LogP contribution in [0.2, 0.25) is 0 Å². The number of fused-ring (bicyclic) bond motifs is 1. The maximum atomic E-state index is 11.9. The number of anilines is 1. The van der Waals surface area contributed by atoms with Crippen LogP contribution >= 0.6 is 12.6 Å². The zero-order chi connectivity index (χ0) is 11.8. The summed E-state index contributed by atoms with van der Waals surface area (Å²) >= 11 is 4.25. The number of aromatic amines is 1. The monoisotopic (exact) mass is 248 g/mol. The van der Waals surface area contributed by atoms with E-state index in [1.807, 2.05) is 12.1 Å². The predicted octanol–water partition coefficient (Wildman–Crippen LogP) is 1.24. The molecule has 2 aromatic heterocycles. The molecule has 1 unspecified atom stereocenters. The van der Waals surface area contributed by atoms with Crippen LogP contribution in [0, 0.1) is 5.92 Å². The van der Waals surface area contributed by atoms with Crippen molar-refractivity contribution in [3.05, 3.63) is 18.3 Å². The van der Waals surface area contributed by atoms with Gasteiger partial charge in [0.05, 0.1) is 5.39 Å². The number of thiol groups is 1. The largest absolute Gasteiger partial charge is 0.294 e. The Morgan fingerprint density at radius 1 is 1.59 bits per heavy atom. The number of hydrogen-bond donors (Lipinski definition) is 2. The lowest BCUT2D eigenvalue weighted by Crippen LogP contribution is -2.25. The molecule has 0 radical (unpaired) electrons. The normalized spacial score (nSPS) is 20.4.